The van der Waals surface area contributed by atoms with Crippen molar-refractivity contribution in [1.82, 2.24) is 14.7 Å². The van der Waals surface area contributed by atoms with Gasteiger partial charge in [0.05, 0.1) is 22.1 Å². The molecule has 9 heteroatoms. The lowest BCUT2D eigenvalue weighted by atomic mass is 10.1. The second-order valence-corrected chi connectivity index (χ2v) is 7.79. The third-order valence-corrected chi connectivity index (χ3v) is 5.44. The molecule has 0 radical (unpaired) electrons. The average molecular weight is 386 g/mol. The number of benzene rings is 2. The summed E-state index contributed by atoms with van der Waals surface area (Å²) < 4.78 is 28.0. The van der Waals surface area contributed by atoms with Crippen LogP contribution in [0, 0.1) is 0 Å². The third kappa shape index (κ3) is 4.39. The lowest BCUT2D eigenvalue weighted by Crippen LogP contribution is -2.27. The van der Waals surface area contributed by atoms with Crippen LogP contribution < -0.4 is 15.6 Å². The molecule has 1 atom stereocenters. The van der Waals surface area contributed by atoms with Gasteiger partial charge in [-0.3, -0.25) is 9.59 Å². The van der Waals surface area contributed by atoms with Gasteiger partial charge in [-0.15, -0.1) is 0 Å². The average Bonchev–Trinajstić information content (AvgIpc) is 2.60. The first-order valence-electron chi connectivity index (χ1n) is 8.13. The fraction of sp³-hybridized carbons (Fsp3) is 0.167. The highest BCUT2D eigenvalue weighted by Crippen LogP contribution is 2.21. The van der Waals surface area contributed by atoms with E-state index in [-0.39, 0.29) is 16.4 Å². The van der Waals surface area contributed by atoms with Gasteiger partial charge < -0.3 is 10.3 Å². The summed E-state index contributed by atoms with van der Waals surface area (Å²) in [4.78, 5) is 29.1. The van der Waals surface area contributed by atoms with Crippen LogP contribution in [0.5, 0.6) is 0 Å². The summed E-state index contributed by atoms with van der Waals surface area (Å²) in [5, 5.41) is 2.67. The van der Waals surface area contributed by atoms with Crippen molar-refractivity contribution in [2.24, 2.45) is 0 Å². The maximum Gasteiger partial charge on any atom is 0.266 e. The maximum absolute atomic E-state index is 12.7. The molecule has 0 bridgehead atoms. The monoisotopic (exact) mass is 386 g/mol. The predicted octanol–water partition coefficient (Wildman–Crippen LogP) is 1.92. The van der Waals surface area contributed by atoms with Crippen LogP contribution in [-0.4, -0.2) is 24.3 Å². The Morgan fingerprint density at radius 1 is 1.19 bits per heavy atom. The molecule has 0 aliphatic heterocycles. The van der Waals surface area contributed by atoms with Crippen molar-refractivity contribution in [2.45, 2.75) is 24.8 Å². The highest BCUT2D eigenvalue weighted by molar-refractivity contribution is 7.89. The van der Waals surface area contributed by atoms with Gasteiger partial charge >= 0.3 is 0 Å². The van der Waals surface area contributed by atoms with E-state index in [4.69, 9.17) is 0 Å². The number of hydrogen-bond donors (Lipinski definition) is 3. The Morgan fingerprint density at radius 2 is 1.96 bits per heavy atom. The van der Waals surface area contributed by atoms with Crippen molar-refractivity contribution in [1.29, 1.82) is 0 Å². The van der Waals surface area contributed by atoms with Crippen molar-refractivity contribution >= 4 is 32.7 Å². The molecule has 0 fully saturated rings. The number of amides is 1. The molecule has 0 unspecified atom stereocenters. The van der Waals surface area contributed by atoms with Crippen LogP contribution in [0.4, 0.5) is 5.69 Å². The Hall–Kier alpha value is -3.04. The molecule has 2 aromatic carbocycles. The van der Waals surface area contributed by atoms with E-state index < -0.39 is 16.1 Å². The topological polar surface area (TPSA) is 121 Å². The zero-order valence-electron chi connectivity index (χ0n) is 14.7. The molecule has 3 rings (SSSR count). The summed E-state index contributed by atoms with van der Waals surface area (Å²) >= 11 is 0. The molecule has 8 nitrogen and oxygen atoms in total. The number of carbonyl (C=O) groups is 1. The summed E-state index contributed by atoms with van der Waals surface area (Å²) in [6.45, 7) is 3.11. The molecule has 140 valence electrons. The summed E-state index contributed by atoms with van der Waals surface area (Å²) in [6, 6.07) is 10.7. The van der Waals surface area contributed by atoms with E-state index in [1.54, 1.807) is 31.2 Å². The molecule has 3 N–H and O–H groups in total. The van der Waals surface area contributed by atoms with E-state index in [1.165, 1.54) is 25.1 Å². The van der Waals surface area contributed by atoms with Gasteiger partial charge in [0.1, 0.15) is 0 Å². The first kappa shape index (κ1) is 18.7. The molecule has 27 heavy (non-hydrogen) atoms. The van der Waals surface area contributed by atoms with Crippen LogP contribution in [0.1, 0.15) is 25.5 Å². The number of nitrogens with one attached hydrogen (secondary N) is 3. The molecule has 0 aliphatic rings. The zero-order valence-corrected chi connectivity index (χ0v) is 15.5. The summed E-state index contributed by atoms with van der Waals surface area (Å²) in [5.41, 5.74) is 1.76. The summed E-state index contributed by atoms with van der Waals surface area (Å²) in [7, 11) is -3.81. The second-order valence-electron chi connectivity index (χ2n) is 6.08. The van der Waals surface area contributed by atoms with Gasteiger partial charge in [-0.2, -0.15) is 0 Å². The summed E-state index contributed by atoms with van der Waals surface area (Å²) in [5.74, 6) is -0.206. The number of fused-ring (bicyclic) bond motifs is 1. The lowest BCUT2D eigenvalue weighted by Gasteiger charge is -2.16. The standard InChI is InChI=1S/C18H18N4O4S/c1-11(13-4-3-5-14(8-13)20-12(2)23)22-27(25,26)15-6-7-16-17(9-15)19-10-18(24)21-16/h3-11,22H,1-2H3,(H,20,23)(H,21,24)/t11-/m1/s1. The number of H-pyrrole nitrogens is 1. The molecule has 1 amide bonds. The van der Waals surface area contributed by atoms with Crippen LogP contribution in [0.3, 0.4) is 0 Å². The number of nitrogens with zero attached hydrogens (tertiary/aromatic N) is 1. The van der Waals surface area contributed by atoms with E-state index in [1.807, 2.05) is 0 Å². The Balaban J connectivity index is 1.86. The molecule has 0 aliphatic carbocycles. The molecule has 0 saturated carbocycles. The number of sulfonamides is 1. The van der Waals surface area contributed by atoms with Crippen molar-refractivity contribution in [3.8, 4) is 0 Å². The SMILES string of the molecule is CC(=O)Nc1cccc([C@@H](C)NS(=O)(=O)c2ccc3[nH]c(=O)cnc3c2)c1. The van der Waals surface area contributed by atoms with Gasteiger partial charge in [0, 0.05) is 18.7 Å². The molecule has 0 spiro atoms. The molecule has 0 saturated heterocycles. The van der Waals surface area contributed by atoms with Gasteiger partial charge in [0.25, 0.3) is 5.56 Å². The lowest BCUT2D eigenvalue weighted by molar-refractivity contribution is -0.114. The smallest absolute Gasteiger partial charge is 0.266 e. The Labute approximate surface area is 155 Å². The second kappa shape index (κ2) is 7.29. The fourth-order valence-corrected chi connectivity index (χ4v) is 3.89. The van der Waals surface area contributed by atoms with Crippen molar-refractivity contribution in [2.75, 3.05) is 5.32 Å². The van der Waals surface area contributed by atoms with Gasteiger partial charge in [0.2, 0.25) is 15.9 Å². The van der Waals surface area contributed by atoms with Crippen molar-refractivity contribution < 1.29 is 13.2 Å². The van der Waals surface area contributed by atoms with Gasteiger partial charge in [-0.1, -0.05) is 12.1 Å². The Morgan fingerprint density at radius 3 is 2.70 bits per heavy atom. The molecular weight excluding hydrogens is 368 g/mol. The van der Waals surface area contributed by atoms with Crippen LogP contribution in [0.15, 0.2) is 58.4 Å². The van der Waals surface area contributed by atoms with Crippen LogP contribution in [-0.2, 0) is 14.8 Å². The fourth-order valence-electron chi connectivity index (χ4n) is 2.64. The minimum absolute atomic E-state index is 0.0411. The van der Waals surface area contributed by atoms with Crippen molar-refractivity contribution in [3.05, 3.63) is 64.6 Å². The predicted molar refractivity (Wildman–Crippen MR) is 102 cm³/mol. The quantitative estimate of drug-likeness (QED) is 0.619. The van der Waals surface area contributed by atoms with Gasteiger partial charge in [-0.05, 0) is 42.8 Å². The Bertz CT molecular complexity index is 1170. The van der Waals surface area contributed by atoms with Crippen LogP contribution in [0.2, 0.25) is 0 Å². The molecule has 1 aromatic heterocycles. The zero-order chi connectivity index (χ0) is 19.6. The molecule has 1 heterocycles. The van der Waals surface area contributed by atoms with E-state index in [9.17, 15) is 18.0 Å². The van der Waals surface area contributed by atoms with E-state index in [2.05, 4.69) is 20.0 Å². The van der Waals surface area contributed by atoms with Gasteiger partial charge in [-0.25, -0.2) is 18.1 Å². The third-order valence-electron chi connectivity index (χ3n) is 3.90. The van der Waals surface area contributed by atoms with E-state index >= 15 is 0 Å². The number of carbonyl (C=O) groups excluding carboxylic acids is 1. The number of aromatic amines is 1. The summed E-state index contributed by atoms with van der Waals surface area (Å²) in [6.07, 6.45) is 1.10. The minimum Gasteiger partial charge on any atom is -0.326 e. The van der Waals surface area contributed by atoms with E-state index in [0.29, 0.717) is 22.3 Å². The maximum atomic E-state index is 12.7. The number of hydrogen-bond acceptors (Lipinski definition) is 5. The van der Waals surface area contributed by atoms with E-state index in [0.717, 1.165) is 6.20 Å². The van der Waals surface area contributed by atoms with Crippen LogP contribution >= 0.6 is 0 Å². The van der Waals surface area contributed by atoms with Gasteiger partial charge in [0.15, 0.2) is 0 Å². The molecule has 3 aromatic rings. The highest BCUT2D eigenvalue weighted by Gasteiger charge is 2.19. The number of aromatic nitrogens is 2. The Kier molecular flexibility index (Phi) is 5.06. The normalized spacial score (nSPS) is 12.7. The van der Waals surface area contributed by atoms with Crippen molar-refractivity contribution in [3.63, 3.8) is 0 Å². The number of anilines is 1. The molecular formula is C18H18N4O4S. The minimum atomic E-state index is -3.81. The first-order chi connectivity index (χ1) is 12.7. The number of rotatable bonds is 5. The van der Waals surface area contributed by atoms with Crippen LogP contribution in [0.25, 0.3) is 11.0 Å². The highest BCUT2D eigenvalue weighted by atomic mass is 32.2. The first-order valence-corrected chi connectivity index (χ1v) is 9.62. The largest absolute Gasteiger partial charge is 0.326 e.